The summed E-state index contributed by atoms with van der Waals surface area (Å²) < 4.78 is 0. The topological polar surface area (TPSA) is 59.9 Å². The van der Waals surface area contributed by atoms with Crippen molar-refractivity contribution < 1.29 is 5.11 Å². The minimum atomic E-state index is -0.329. The highest BCUT2D eigenvalue weighted by atomic mass is 32.1. The van der Waals surface area contributed by atoms with Crippen molar-refractivity contribution in [3.05, 3.63) is 40.8 Å². The molecule has 26 heavy (non-hydrogen) atoms. The Labute approximate surface area is 158 Å². The molecule has 2 aliphatic heterocycles. The summed E-state index contributed by atoms with van der Waals surface area (Å²) in [6.07, 6.45) is 0.395. The molecule has 1 aromatic carbocycles. The molecule has 1 unspecified atom stereocenters. The van der Waals surface area contributed by atoms with Crippen LogP contribution in [0.25, 0.3) is 0 Å². The van der Waals surface area contributed by atoms with Crippen LogP contribution in [-0.4, -0.2) is 47.1 Å². The van der Waals surface area contributed by atoms with E-state index in [1.807, 2.05) is 19.1 Å². The summed E-state index contributed by atoms with van der Waals surface area (Å²) in [5.41, 5.74) is 3.07. The third-order valence-corrected chi connectivity index (χ3v) is 5.96. The first-order chi connectivity index (χ1) is 12.4. The maximum absolute atomic E-state index is 9.91. The van der Waals surface area contributed by atoms with Gasteiger partial charge in [0.2, 0.25) is 0 Å². The number of thiophene rings is 1. The molecule has 0 amide bonds. The average molecular weight is 371 g/mol. The smallest absolute Gasteiger partial charge is 0.139 e. The minimum absolute atomic E-state index is 0.126. The van der Waals surface area contributed by atoms with Gasteiger partial charge in [-0.1, -0.05) is 12.1 Å². The summed E-state index contributed by atoms with van der Waals surface area (Å²) >= 11 is 1.77. The number of anilines is 2. The Morgan fingerprint density at radius 3 is 3.00 bits per heavy atom. The Kier molecular flexibility index (Phi) is 4.50. The van der Waals surface area contributed by atoms with Gasteiger partial charge in [0.25, 0.3) is 0 Å². The van der Waals surface area contributed by atoms with E-state index in [0.29, 0.717) is 0 Å². The lowest BCUT2D eigenvalue weighted by molar-refractivity contribution is 0.109. The summed E-state index contributed by atoms with van der Waals surface area (Å²) in [5.74, 6) is 1.03. The van der Waals surface area contributed by atoms with Gasteiger partial charge in [-0.15, -0.1) is 11.3 Å². The number of aliphatic imine (C=N–C) groups is 1. The lowest BCUT2D eigenvalue weighted by atomic mass is 9.92. The second-order valence-electron chi connectivity index (χ2n) is 7.64. The normalized spacial score (nSPS) is 23.4. The van der Waals surface area contributed by atoms with Crippen LogP contribution < -0.4 is 10.6 Å². The van der Waals surface area contributed by atoms with Crippen molar-refractivity contribution in [1.82, 2.24) is 10.2 Å². The molecule has 2 atom stereocenters. The Bertz CT molecular complexity index is 844. The minimum Gasteiger partial charge on any atom is -0.393 e. The van der Waals surface area contributed by atoms with Crippen molar-refractivity contribution in [3.8, 4) is 0 Å². The predicted molar refractivity (Wildman–Crippen MR) is 109 cm³/mol. The highest BCUT2D eigenvalue weighted by molar-refractivity contribution is 7.16. The van der Waals surface area contributed by atoms with E-state index in [4.69, 9.17) is 4.99 Å². The zero-order valence-corrected chi connectivity index (χ0v) is 16.4. The van der Waals surface area contributed by atoms with Crippen molar-refractivity contribution in [2.45, 2.75) is 38.8 Å². The third kappa shape index (κ3) is 3.37. The maximum Gasteiger partial charge on any atom is 0.139 e. The summed E-state index contributed by atoms with van der Waals surface area (Å²) in [7, 11) is 0. The van der Waals surface area contributed by atoms with Gasteiger partial charge < -0.3 is 20.6 Å². The highest BCUT2D eigenvalue weighted by Crippen LogP contribution is 2.39. The number of nitrogens with one attached hydrogen (secondary N) is 2. The van der Waals surface area contributed by atoms with E-state index in [2.05, 4.69) is 47.6 Å². The molecular formula is C20H26N4OS. The molecule has 0 bridgehead atoms. The highest BCUT2D eigenvalue weighted by Gasteiger charge is 2.34. The Morgan fingerprint density at radius 1 is 1.38 bits per heavy atom. The molecule has 4 rings (SSSR count). The standard InChI is InChI=1S/C20H26N4OS/c1-13(25)11-20(3)12-24(9-8-21-20)18-15-10-14(2)26-19(15)23-17-7-5-4-6-16(17)22-18/h4-7,10,13,21,23,25H,8-9,11-12H2,1-3H3/t13?,20-/m0/s1. The van der Waals surface area contributed by atoms with Gasteiger partial charge in [0, 0.05) is 30.1 Å². The van der Waals surface area contributed by atoms with Crippen LogP contribution in [0.5, 0.6) is 0 Å². The number of benzene rings is 1. The van der Waals surface area contributed by atoms with Crippen molar-refractivity contribution in [2.24, 2.45) is 4.99 Å². The second-order valence-corrected chi connectivity index (χ2v) is 8.90. The number of aryl methyl sites for hydroxylation is 1. The molecule has 5 nitrogen and oxygen atoms in total. The average Bonchev–Trinajstić information content (AvgIpc) is 2.85. The maximum atomic E-state index is 9.91. The summed E-state index contributed by atoms with van der Waals surface area (Å²) in [4.78, 5) is 8.70. The van der Waals surface area contributed by atoms with E-state index < -0.39 is 0 Å². The second kappa shape index (κ2) is 6.68. The van der Waals surface area contributed by atoms with Gasteiger partial charge in [-0.25, -0.2) is 4.99 Å². The number of piperazine rings is 1. The van der Waals surface area contributed by atoms with Gasteiger partial charge in [0.15, 0.2) is 0 Å². The molecule has 1 aromatic heterocycles. The van der Waals surface area contributed by atoms with Crippen LogP contribution in [0.3, 0.4) is 0 Å². The van der Waals surface area contributed by atoms with Crippen molar-refractivity contribution in [3.63, 3.8) is 0 Å². The molecule has 138 valence electrons. The van der Waals surface area contributed by atoms with Crippen LogP contribution in [0, 0.1) is 6.92 Å². The molecule has 2 aromatic rings. The van der Waals surface area contributed by atoms with E-state index in [-0.39, 0.29) is 11.6 Å². The molecule has 1 saturated heterocycles. The number of aliphatic hydroxyl groups is 1. The lowest BCUT2D eigenvalue weighted by Gasteiger charge is -2.43. The molecule has 6 heteroatoms. The number of amidine groups is 1. The Hall–Kier alpha value is -1.89. The molecule has 0 spiro atoms. The lowest BCUT2D eigenvalue weighted by Crippen LogP contribution is -2.61. The largest absolute Gasteiger partial charge is 0.393 e. The zero-order valence-electron chi connectivity index (χ0n) is 15.5. The zero-order chi connectivity index (χ0) is 18.3. The van der Waals surface area contributed by atoms with E-state index >= 15 is 0 Å². The summed E-state index contributed by atoms with van der Waals surface area (Å²) in [6, 6.07) is 10.4. The van der Waals surface area contributed by atoms with Gasteiger partial charge in [-0.05, 0) is 45.4 Å². The number of fused-ring (bicyclic) bond motifs is 2. The molecule has 0 radical (unpaired) electrons. The van der Waals surface area contributed by atoms with Crippen molar-refractivity contribution >= 4 is 33.5 Å². The fourth-order valence-corrected chi connectivity index (χ4v) is 4.93. The Balaban J connectivity index is 1.75. The number of nitrogens with zero attached hydrogens (tertiary/aromatic N) is 2. The number of para-hydroxylation sites is 2. The number of rotatable bonds is 2. The summed E-state index contributed by atoms with van der Waals surface area (Å²) in [6.45, 7) is 8.80. The van der Waals surface area contributed by atoms with Crippen LogP contribution in [0.4, 0.5) is 16.4 Å². The van der Waals surface area contributed by atoms with E-state index in [0.717, 1.165) is 48.3 Å². The first-order valence-corrected chi connectivity index (χ1v) is 9.99. The van der Waals surface area contributed by atoms with Gasteiger partial charge in [0.05, 0.1) is 23.0 Å². The first kappa shape index (κ1) is 17.5. The predicted octanol–water partition coefficient (Wildman–Crippen LogP) is 3.63. The molecule has 1 fully saturated rings. The Morgan fingerprint density at radius 2 is 2.19 bits per heavy atom. The van der Waals surface area contributed by atoms with E-state index in [1.165, 1.54) is 10.4 Å². The van der Waals surface area contributed by atoms with Crippen molar-refractivity contribution in [2.75, 3.05) is 25.0 Å². The van der Waals surface area contributed by atoms with Crippen LogP contribution in [0.15, 0.2) is 35.3 Å². The fraction of sp³-hybridized carbons (Fsp3) is 0.450. The van der Waals surface area contributed by atoms with Gasteiger partial charge in [0.1, 0.15) is 10.8 Å². The molecule has 2 aliphatic rings. The SMILES string of the molecule is Cc1cc2c(s1)Nc1ccccc1N=C2N1CCN[C@@](C)(CC(C)O)C1. The third-order valence-electron chi connectivity index (χ3n) is 4.99. The quantitative estimate of drug-likeness (QED) is 0.756. The fourth-order valence-electron chi connectivity index (χ4n) is 4.01. The molecule has 3 heterocycles. The van der Waals surface area contributed by atoms with Crippen LogP contribution in [0.1, 0.15) is 30.7 Å². The van der Waals surface area contributed by atoms with E-state index in [1.54, 1.807) is 11.3 Å². The summed E-state index contributed by atoms with van der Waals surface area (Å²) in [5, 5.41) is 18.2. The number of aliphatic hydroxyl groups excluding tert-OH is 1. The van der Waals surface area contributed by atoms with Crippen LogP contribution in [0.2, 0.25) is 0 Å². The van der Waals surface area contributed by atoms with Crippen LogP contribution in [-0.2, 0) is 0 Å². The molecule has 3 N–H and O–H groups in total. The van der Waals surface area contributed by atoms with Gasteiger partial charge in [-0.3, -0.25) is 0 Å². The molecular weight excluding hydrogens is 344 g/mol. The molecule has 0 saturated carbocycles. The van der Waals surface area contributed by atoms with Gasteiger partial charge in [-0.2, -0.15) is 0 Å². The van der Waals surface area contributed by atoms with Crippen LogP contribution >= 0.6 is 11.3 Å². The molecule has 0 aliphatic carbocycles. The monoisotopic (exact) mass is 370 g/mol. The first-order valence-electron chi connectivity index (χ1n) is 9.17. The van der Waals surface area contributed by atoms with Crippen molar-refractivity contribution in [1.29, 1.82) is 0 Å². The van der Waals surface area contributed by atoms with E-state index in [9.17, 15) is 5.11 Å². The van der Waals surface area contributed by atoms with Gasteiger partial charge >= 0.3 is 0 Å². The number of hydrogen-bond donors (Lipinski definition) is 3. The number of hydrogen-bond acceptors (Lipinski definition) is 6.